The summed E-state index contributed by atoms with van der Waals surface area (Å²) in [5.74, 6) is -0.729. The second kappa shape index (κ2) is 6.23. The van der Waals surface area contributed by atoms with E-state index < -0.39 is 5.66 Å². The molecule has 2 aromatic rings. The first kappa shape index (κ1) is 17.3. The van der Waals surface area contributed by atoms with Crippen molar-refractivity contribution >= 4 is 29.1 Å². The predicted octanol–water partition coefficient (Wildman–Crippen LogP) is 2.93. The van der Waals surface area contributed by atoms with Crippen LogP contribution in [0.4, 0.5) is 11.4 Å². The van der Waals surface area contributed by atoms with Crippen molar-refractivity contribution in [3.05, 3.63) is 59.7 Å². The number of nitrogens with zero attached hydrogens (tertiary/aromatic N) is 2. The van der Waals surface area contributed by atoms with Gasteiger partial charge in [0.25, 0.3) is 11.8 Å². The smallest absolute Gasteiger partial charge is 0.271 e. The van der Waals surface area contributed by atoms with Gasteiger partial charge in [0.1, 0.15) is 0 Å². The van der Waals surface area contributed by atoms with Crippen LogP contribution in [0.25, 0.3) is 0 Å². The standard InChI is InChI=1S/C21H21N3O3/c1-3-23-19(26)16-6-4-5-7-17(16)24-18(25)12-13-21(23,24)20(27)22-15-10-8-14(2)9-11-15/h4-11H,3,12-13H2,1-2H3,(H,22,27). The summed E-state index contributed by atoms with van der Waals surface area (Å²) < 4.78 is 0. The summed E-state index contributed by atoms with van der Waals surface area (Å²) >= 11 is 0. The van der Waals surface area contributed by atoms with Gasteiger partial charge in [-0.25, -0.2) is 0 Å². The summed E-state index contributed by atoms with van der Waals surface area (Å²) in [5.41, 5.74) is 1.35. The number of benzene rings is 2. The molecule has 2 aliphatic heterocycles. The fourth-order valence-corrected chi connectivity index (χ4v) is 4.07. The molecule has 1 N–H and O–H groups in total. The third-order valence-electron chi connectivity index (χ3n) is 5.36. The molecule has 6 nitrogen and oxygen atoms in total. The summed E-state index contributed by atoms with van der Waals surface area (Å²) in [4.78, 5) is 42.3. The summed E-state index contributed by atoms with van der Waals surface area (Å²) in [6.45, 7) is 4.13. The number of amides is 3. The summed E-state index contributed by atoms with van der Waals surface area (Å²) in [5, 5.41) is 2.91. The van der Waals surface area contributed by atoms with Crippen molar-refractivity contribution in [1.82, 2.24) is 4.90 Å². The number of hydrogen-bond acceptors (Lipinski definition) is 3. The quantitative estimate of drug-likeness (QED) is 0.912. The average Bonchev–Trinajstić information content (AvgIpc) is 3.02. The summed E-state index contributed by atoms with van der Waals surface area (Å²) in [6.07, 6.45) is 0.497. The highest BCUT2D eigenvalue weighted by atomic mass is 16.2. The van der Waals surface area contributed by atoms with Gasteiger partial charge in [-0.2, -0.15) is 0 Å². The van der Waals surface area contributed by atoms with Crippen LogP contribution in [0.3, 0.4) is 0 Å². The van der Waals surface area contributed by atoms with Gasteiger partial charge in [0.05, 0.1) is 11.3 Å². The first-order valence-electron chi connectivity index (χ1n) is 9.11. The molecule has 1 unspecified atom stereocenters. The van der Waals surface area contributed by atoms with Crippen molar-refractivity contribution in [3.63, 3.8) is 0 Å². The molecular weight excluding hydrogens is 342 g/mol. The van der Waals surface area contributed by atoms with Gasteiger partial charge < -0.3 is 10.2 Å². The number of aryl methyl sites for hydroxylation is 1. The van der Waals surface area contributed by atoms with E-state index >= 15 is 0 Å². The van der Waals surface area contributed by atoms with Crippen LogP contribution in [0, 0.1) is 6.92 Å². The molecule has 0 saturated carbocycles. The van der Waals surface area contributed by atoms with E-state index in [-0.39, 0.29) is 30.6 Å². The van der Waals surface area contributed by atoms with Crippen molar-refractivity contribution < 1.29 is 14.4 Å². The maximum absolute atomic E-state index is 13.4. The maximum atomic E-state index is 13.4. The predicted molar refractivity (Wildman–Crippen MR) is 102 cm³/mol. The van der Waals surface area contributed by atoms with Gasteiger partial charge in [0.15, 0.2) is 0 Å². The van der Waals surface area contributed by atoms with Crippen LogP contribution in [-0.4, -0.2) is 34.8 Å². The number of para-hydroxylation sites is 1. The lowest BCUT2D eigenvalue weighted by atomic mass is 9.95. The van der Waals surface area contributed by atoms with Gasteiger partial charge >= 0.3 is 0 Å². The number of nitrogens with one attached hydrogen (secondary N) is 1. The van der Waals surface area contributed by atoms with E-state index in [2.05, 4.69) is 5.32 Å². The number of carbonyl (C=O) groups is 3. The Kier molecular flexibility index (Phi) is 3.98. The highest BCUT2D eigenvalue weighted by Crippen LogP contribution is 2.44. The van der Waals surface area contributed by atoms with Gasteiger partial charge in [0.2, 0.25) is 11.6 Å². The van der Waals surface area contributed by atoms with Crippen LogP contribution >= 0.6 is 0 Å². The zero-order valence-corrected chi connectivity index (χ0v) is 15.4. The molecular formula is C21H21N3O3. The normalized spacial score (nSPS) is 21.1. The lowest BCUT2D eigenvalue weighted by Gasteiger charge is -2.48. The first-order chi connectivity index (χ1) is 13.0. The van der Waals surface area contributed by atoms with Crippen LogP contribution in [0.15, 0.2) is 48.5 Å². The van der Waals surface area contributed by atoms with Gasteiger partial charge in [0, 0.05) is 25.1 Å². The largest absolute Gasteiger partial charge is 0.322 e. The molecule has 1 fully saturated rings. The topological polar surface area (TPSA) is 69.7 Å². The second-order valence-corrected chi connectivity index (χ2v) is 6.93. The Morgan fingerprint density at radius 2 is 1.81 bits per heavy atom. The first-order valence-corrected chi connectivity index (χ1v) is 9.11. The molecule has 4 rings (SSSR count). The van der Waals surface area contributed by atoms with Gasteiger partial charge in [-0.05, 0) is 38.1 Å². The minimum absolute atomic E-state index is 0.146. The van der Waals surface area contributed by atoms with E-state index in [1.54, 1.807) is 24.3 Å². The van der Waals surface area contributed by atoms with Crippen molar-refractivity contribution in [2.45, 2.75) is 32.4 Å². The number of fused-ring (bicyclic) bond motifs is 3. The molecule has 2 heterocycles. The molecule has 27 heavy (non-hydrogen) atoms. The molecule has 2 aromatic carbocycles. The van der Waals surface area contributed by atoms with E-state index in [1.807, 2.05) is 38.1 Å². The fraction of sp³-hybridized carbons (Fsp3) is 0.286. The zero-order chi connectivity index (χ0) is 19.2. The maximum Gasteiger partial charge on any atom is 0.271 e. The van der Waals surface area contributed by atoms with Crippen LogP contribution < -0.4 is 10.2 Å². The molecule has 0 aliphatic carbocycles. The highest BCUT2D eigenvalue weighted by Gasteiger charge is 2.60. The monoisotopic (exact) mass is 363 g/mol. The third-order valence-corrected chi connectivity index (χ3v) is 5.36. The molecule has 0 spiro atoms. The van der Waals surface area contributed by atoms with E-state index in [4.69, 9.17) is 0 Å². The second-order valence-electron chi connectivity index (χ2n) is 6.93. The van der Waals surface area contributed by atoms with Crippen molar-refractivity contribution in [2.75, 3.05) is 16.8 Å². The number of carbonyl (C=O) groups excluding carboxylic acids is 3. The highest BCUT2D eigenvalue weighted by molar-refractivity contribution is 6.18. The van der Waals surface area contributed by atoms with E-state index in [9.17, 15) is 14.4 Å². The Hall–Kier alpha value is -3.15. The molecule has 1 atom stereocenters. The van der Waals surface area contributed by atoms with E-state index in [0.717, 1.165) is 5.56 Å². The Morgan fingerprint density at radius 3 is 2.52 bits per heavy atom. The lowest BCUT2D eigenvalue weighted by Crippen LogP contribution is -2.69. The Morgan fingerprint density at radius 1 is 1.11 bits per heavy atom. The Labute approximate surface area is 157 Å². The lowest BCUT2D eigenvalue weighted by molar-refractivity contribution is -0.128. The summed E-state index contributed by atoms with van der Waals surface area (Å²) in [6, 6.07) is 14.4. The molecule has 6 heteroatoms. The Balaban J connectivity index is 1.82. The molecule has 3 amide bonds. The summed E-state index contributed by atoms with van der Waals surface area (Å²) in [7, 11) is 0. The van der Waals surface area contributed by atoms with E-state index in [1.165, 1.54) is 9.80 Å². The Bertz CT molecular complexity index is 938. The number of likely N-dealkylation sites (N-methyl/N-ethyl adjacent to an activating group) is 1. The molecule has 0 radical (unpaired) electrons. The van der Waals surface area contributed by atoms with Gasteiger partial charge in [-0.3, -0.25) is 19.3 Å². The van der Waals surface area contributed by atoms with Gasteiger partial charge in [-0.1, -0.05) is 29.8 Å². The van der Waals surface area contributed by atoms with Gasteiger partial charge in [-0.15, -0.1) is 0 Å². The van der Waals surface area contributed by atoms with E-state index in [0.29, 0.717) is 23.5 Å². The molecule has 1 saturated heterocycles. The van der Waals surface area contributed by atoms with Crippen LogP contribution in [0.2, 0.25) is 0 Å². The molecule has 2 aliphatic rings. The van der Waals surface area contributed by atoms with Crippen LogP contribution in [0.1, 0.15) is 35.7 Å². The number of rotatable bonds is 3. The number of anilines is 2. The SMILES string of the molecule is CCN1C(=O)c2ccccc2N2C(=O)CCC12C(=O)Nc1ccc(C)cc1. The fourth-order valence-electron chi connectivity index (χ4n) is 4.07. The molecule has 138 valence electrons. The van der Waals surface area contributed by atoms with Crippen molar-refractivity contribution in [2.24, 2.45) is 0 Å². The average molecular weight is 363 g/mol. The number of hydrogen-bond donors (Lipinski definition) is 1. The third kappa shape index (κ3) is 2.44. The van der Waals surface area contributed by atoms with Crippen molar-refractivity contribution in [3.8, 4) is 0 Å². The van der Waals surface area contributed by atoms with Crippen molar-refractivity contribution in [1.29, 1.82) is 0 Å². The molecule has 0 aromatic heterocycles. The minimum atomic E-state index is -1.33. The minimum Gasteiger partial charge on any atom is -0.322 e. The molecule has 0 bridgehead atoms. The van der Waals surface area contributed by atoms with Crippen LogP contribution in [0.5, 0.6) is 0 Å². The zero-order valence-electron chi connectivity index (χ0n) is 15.4. The van der Waals surface area contributed by atoms with Crippen LogP contribution in [-0.2, 0) is 9.59 Å².